The van der Waals surface area contributed by atoms with Gasteiger partial charge in [0.1, 0.15) is 0 Å². The molecule has 1 aliphatic carbocycles. The Labute approximate surface area is 111 Å². The first-order valence-corrected chi connectivity index (χ1v) is 7.29. The molecular formula is C17H25N. The minimum absolute atomic E-state index is 0.716. The quantitative estimate of drug-likeness (QED) is 0.793. The number of rotatable bonds is 3. The van der Waals surface area contributed by atoms with E-state index in [0.717, 1.165) is 11.8 Å². The molecule has 0 saturated carbocycles. The van der Waals surface area contributed by atoms with E-state index in [9.17, 15) is 0 Å². The molecule has 2 aliphatic rings. The molecule has 2 rings (SSSR count). The van der Waals surface area contributed by atoms with Crippen molar-refractivity contribution in [3.05, 3.63) is 48.1 Å². The molecule has 0 amide bonds. The van der Waals surface area contributed by atoms with Crippen LogP contribution < -0.4 is 5.32 Å². The first-order valence-electron chi connectivity index (χ1n) is 7.29. The lowest BCUT2D eigenvalue weighted by molar-refractivity contribution is 0.195. The van der Waals surface area contributed by atoms with Crippen LogP contribution in [-0.2, 0) is 0 Å². The molecule has 1 nitrogen and oxygen atoms in total. The Morgan fingerprint density at radius 3 is 2.22 bits per heavy atom. The lowest BCUT2D eigenvalue weighted by Crippen LogP contribution is -2.43. The SMILES string of the molecule is CCC1CNCC(CC)C1C1=C/C=C\C=C/C=C\1. The third-order valence-electron chi connectivity index (χ3n) is 4.28. The first-order chi connectivity index (χ1) is 8.86. The molecule has 2 atom stereocenters. The molecule has 98 valence electrons. The molecule has 1 heteroatoms. The highest BCUT2D eigenvalue weighted by molar-refractivity contribution is 5.33. The molecule has 0 aromatic carbocycles. The number of nitrogens with one attached hydrogen (secondary N) is 1. The Bertz CT molecular complexity index is 361. The summed E-state index contributed by atoms with van der Waals surface area (Å²) in [6.07, 6.45) is 17.8. The van der Waals surface area contributed by atoms with Gasteiger partial charge in [0.2, 0.25) is 0 Å². The van der Waals surface area contributed by atoms with Gasteiger partial charge in [-0.3, -0.25) is 0 Å². The van der Waals surface area contributed by atoms with Crippen LogP contribution in [-0.4, -0.2) is 13.1 Å². The van der Waals surface area contributed by atoms with Gasteiger partial charge in [0.05, 0.1) is 0 Å². The van der Waals surface area contributed by atoms with Gasteiger partial charge in [-0.1, -0.05) is 69.2 Å². The van der Waals surface area contributed by atoms with Crippen LogP contribution in [0, 0.1) is 17.8 Å². The Hall–Kier alpha value is -1.08. The average Bonchev–Trinajstić information content (AvgIpc) is 2.38. The van der Waals surface area contributed by atoms with Crippen LogP contribution in [0.25, 0.3) is 0 Å². The summed E-state index contributed by atoms with van der Waals surface area (Å²) in [5, 5.41) is 3.60. The standard InChI is InChI=1S/C17H25N/c1-3-14-12-18-13-15(4-2)17(14)16-10-8-6-5-7-9-11-16/h5-11,14-15,17-18H,3-4,12-13H2,1-2H3/b6-5-,7-5?,8-6?,9-7-,10-8-,11-9?,16-10?,16-11+. The van der Waals surface area contributed by atoms with E-state index in [1.54, 1.807) is 0 Å². The van der Waals surface area contributed by atoms with Gasteiger partial charge in [0.25, 0.3) is 0 Å². The summed E-state index contributed by atoms with van der Waals surface area (Å²) in [7, 11) is 0. The molecular weight excluding hydrogens is 218 g/mol. The van der Waals surface area contributed by atoms with Crippen molar-refractivity contribution >= 4 is 0 Å². The van der Waals surface area contributed by atoms with Crippen molar-refractivity contribution in [1.82, 2.24) is 5.32 Å². The predicted octanol–water partition coefficient (Wildman–Crippen LogP) is 3.87. The van der Waals surface area contributed by atoms with Crippen molar-refractivity contribution in [3.8, 4) is 0 Å². The van der Waals surface area contributed by atoms with Crippen molar-refractivity contribution in [3.63, 3.8) is 0 Å². The molecule has 0 spiro atoms. The van der Waals surface area contributed by atoms with Crippen molar-refractivity contribution in [2.24, 2.45) is 17.8 Å². The maximum absolute atomic E-state index is 3.60. The fourth-order valence-corrected chi connectivity index (χ4v) is 3.24. The van der Waals surface area contributed by atoms with Crippen LogP contribution in [0.5, 0.6) is 0 Å². The number of hydrogen-bond acceptors (Lipinski definition) is 1. The van der Waals surface area contributed by atoms with Crippen LogP contribution >= 0.6 is 0 Å². The van der Waals surface area contributed by atoms with Crippen LogP contribution in [0.1, 0.15) is 26.7 Å². The lowest BCUT2D eigenvalue weighted by atomic mass is 9.71. The fraction of sp³-hybridized carbons (Fsp3) is 0.529. The summed E-state index contributed by atoms with van der Waals surface area (Å²) >= 11 is 0. The van der Waals surface area contributed by atoms with E-state index in [0.29, 0.717) is 5.92 Å². The molecule has 1 N–H and O–H groups in total. The summed E-state index contributed by atoms with van der Waals surface area (Å²) < 4.78 is 0. The number of hydrogen-bond donors (Lipinski definition) is 1. The second kappa shape index (κ2) is 6.75. The third kappa shape index (κ3) is 3.02. The van der Waals surface area contributed by atoms with Crippen molar-refractivity contribution in [2.45, 2.75) is 26.7 Å². The highest BCUT2D eigenvalue weighted by Crippen LogP contribution is 2.35. The first kappa shape index (κ1) is 13.4. The van der Waals surface area contributed by atoms with Gasteiger partial charge >= 0.3 is 0 Å². The van der Waals surface area contributed by atoms with Gasteiger partial charge in [-0.05, 0) is 36.4 Å². The zero-order chi connectivity index (χ0) is 12.8. The maximum atomic E-state index is 3.60. The summed E-state index contributed by atoms with van der Waals surface area (Å²) in [5.74, 6) is 2.27. The number of allylic oxidation sites excluding steroid dienone is 8. The van der Waals surface area contributed by atoms with E-state index in [1.165, 1.54) is 31.5 Å². The predicted molar refractivity (Wildman–Crippen MR) is 79.4 cm³/mol. The van der Waals surface area contributed by atoms with Gasteiger partial charge in [-0.25, -0.2) is 0 Å². The molecule has 1 aliphatic heterocycles. The summed E-state index contributed by atoms with van der Waals surface area (Å²) in [4.78, 5) is 0. The second-order valence-corrected chi connectivity index (χ2v) is 5.32. The van der Waals surface area contributed by atoms with E-state index in [4.69, 9.17) is 0 Å². The highest BCUT2D eigenvalue weighted by Gasteiger charge is 2.32. The average molecular weight is 243 g/mol. The largest absolute Gasteiger partial charge is 0.316 e. The Balaban J connectivity index is 2.25. The monoisotopic (exact) mass is 243 g/mol. The number of piperidine rings is 1. The summed E-state index contributed by atoms with van der Waals surface area (Å²) in [6, 6.07) is 0. The maximum Gasteiger partial charge on any atom is -0.00145 e. The van der Waals surface area contributed by atoms with Crippen molar-refractivity contribution < 1.29 is 0 Å². The second-order valence-electron chi connectivity index (χ2n) is 5.32. The van der Waals surface area contributed by atoms with E-state index in [1.807, 2.05) is 0 Å². The van der Waals surface area contributed by atoms with E-state index >= 15 is 0 Å². The highest BCUT2D eigenvalue weighted by atomic mass is 14.9. The molecule has 0 aromatic rings. The van der Waals surface area contributed by atoms with Crippen molar-refractivity contribution in [2.75, 3.05) is 13.1 Å². The zero-order valence-corrected chi connectivity index (χ0v) is 11.6. The van der Waals surface area contributed by atoms with E-state index < -0.39 is 0 Å². The van der Waals surface area contributed by atoms with Gasteiger partial charge in [-0.2, -0.15) is 0 Å². The molecule has 2 unspecified atom stereocenters. The smallest absolute Gasteiger partial charge is 0.00145 e. The Morgan fingerprint density at radius 1 is 0.944 bits per heavy atom. The topological polar surface area (TPSA) is 12.0 Å². The van der Waals surface area contributed by atoms with E-state index in [-0.39, 0.29) is 0 Å². The molecule has 1 saturated heterocycles. The summed E-state index contributed by atoms with van der Waals surface area (Å²) in [5.41, 5.74) is 1.51. The van der Waals surface area contributed by atoms with Gasteiger partial charge in [0, 0.05) is 0 Å². The van der Waals surface area contributed by atoms with Gasteiger partial charge in [-0.15, -0.1) is 0 Å². The molecule has 1 heterocycles. The molecule has 0 bridgehead atoms. The van der Waals surface area contributed by atoms with E-state index in [2.05, 4.69) is 61.7 Å². The van der Waals surface area contributed by atoms with Crippen LogP contribution in [0.4, 0.5) is 0 Å². The third-order valence-corrected chi connectivity index (χ3v) is 4.28. The van der Waals surface area contributed by atoms with Gasteiger partial charge in [0.15, 0.2) is 0 Å². The van der Waals surface area contributed by atoms with Crippen LogP contribution in [0.15, 0.2) is 48.1 Å². The van der Waals surface area contributed by atoms with Crippen LogP contribution in [0.2, 0.25) is 0 Å². The summed E-state index contributed by atoms with van der Waals surface area (Å²) in [6.45, 7) is 6.98. The molecule has 18 heavy (non-hydrogen) atoms. The molecule has 0 radical (unpaired) electrons. The normalized spacial score (nSPS) is 40.1. The van der Waals surface area contributed by atoms with Crippen LogP contribution in [0.3, 0.4) is 0 Å². The zero-order valence-electron chi connectivity index (χ0n) is 11.6. The fourth-order valence-electron chi connectivity index (χ4n) is 3.24. The molecule has 0 aromatic heterocycles. The minimum Gasteiger partial charge on any atom is -0.316 e. The molecule has 1 fully saturated rings. The lowest BCUT2D eigenvalue weighted by Gasteiger charge is -2.39. The Morgan fingerprint density at radius 2 is 1.56 bits per heavy atom. The van der Waals surface area contributed by atoms with Gasteiger partial charge < -0.3 is 5.32 Å². The van der Waals surface area contributed by atoms with Crippen molar-refractivity contribution in [1.29, 1.82) is 0 Å². The minimum atomic E-state index is 0.716. The Kier molecular flexibility index (Phi) is 5.00.